The highest BCUT2D eigenvalue weighted by Gasteiger charge is 2.15. The predicted octanol–water partition coefficient (Wildman–Crippen LogP) is 2.54. The molecular weight excluding hydrogens is 284 g/mol. The largest absolute Gasteiger partial charge is 0.228 e. The fraction of sp³-hybridized carbons (Fsp3) is 0.125. The molecule has 0 bridgehead atoms. The van der Waals surface area contributed by atoms with Gasteiger partial charge in [0.15, 0.2) is 9.84 Å². The first-order valence-corrected chi connectivity index (χ1v) is 8.04. The number of nitriles is 2. The SMILES string of the molecule is N#Cc1cccc(CS(=O)(=O)Cc2ccccc2C#N)c1. The smallest absolute Gasteiger partial charge is 0.158 e. The summed E-state index contributed by atoms with van der Waals surface area (Å²) in [5.41, 5.74) is 1.87. The molecule has 0 aliphatic rings. The molecule has 0 heterocycles. The van der Waals surface area contributed by atoms with Crippen molar-refractivity contribution in [1.29, 1.82) is 10.5 Å². The molecule has 0 aliphatic carbocycles. The second-order valence-electron chi connectivity index (χ2n) is 4.61. The van der Waals surface area contributed by atoms with E-state index in [9.17, 15) is 8.42 Å². The van der Waals surface area contributed by atoms with Crippen LogP contribution in [0.2, 0.25) is 0 Å². The minimum atomic E-state index is -3.41. The fourth-order valence-corrected chi connectivity index (χ4v) is 3.54. The molecule has 4 nitrogen and oxygen atoms in total. The summed E-state index contributed by atoms with van der Waals surface area (Å²) in [6.07, 6.45) is 0. The molecule has 0 radical (unpaired) electrons. The monoisotopic (exact) mass is 296 g/mol. The predicted molar refractivity (Wildman–Crippen MR) is 78.6 cm³/mol. The van der Waals surface area contributed by atoms with Gasteiger partial charge in [-0.05, 0) is 29.3 Å². The Kier molecular flexibility index (Phi) is 4.37. The number of hydrogen-bond donors (Lipinski definition) is 0. The Hall–Kier alpha value is -2.63. The van der Waals surface area contributed by atoms with Crippen LogP contribution in [-0.2, 0) is 21.3 Å². The zero-order valence-electron chi connectivity index (χ0n) is 11.2. The van der Waals surface area contributed by atoms with E-state index in [-0.39, 0.29) is 11.5 Å². The van der Waals surface area contributed by atoms with Crippen LogP contribution in [-0.4, -0.2) is 8.42 Å². The highest BCUT2D eigenvalue weighted by atomic mass is 32.2. The highest BCUT2D eigenvalue weighted by Crippen LogP contribution is 2.16. The average Bonchev–Trinajstić information content (AvgIpc) is 2.47. The van der Waals surface area contributed by atoms with E-state index >= 15 is 0 Å². The van der Waals surface area contributed by atoms with Crippen LogP contribution in [0, 0.1) is 22.7 Å². The Labute approximate surface area is 123 Å². The van der Waals surface area contributed by atoms with Crippen molar-refractivity contribution in [2.75, 3.05) is 0 Å². The topological polar surface area (TPSA) is 81.7 Å². The molecule has 104 valence electrons. The quantitative estimate of drug-likeness (QED) is 0.868. The summed E-state index contributed by atoms with van der Waals surface area (Å²) >= 11 is 0. The first kappa shape index (κ1) is 14.8. The maximum absolute atomic E-state index is 12.2. The lowest BCUT2D eigenvalue weighted by molar-refractivity contribution is 0.594. The van der Waals surface area contributed by atoms with E-state index in [2.05, 4.69) is 0 Å². The van der Waals surface area contributed by atoms with Gasteiger partial charge in [0.2, 0.25) is 0 Å². The summed E-state index contributed by atoms with van der Waals surface area (Å²) in [5.74, 6) is -0.338. The Morgan fingerprint density at radius 2 is 1.67 bits per heavy atom. The maximum Gasteiger partial charge on any atom is 0.158 e. The number of sulfone groups is 1. The summed E-state index contributed by atoms with van der Waals surface area (Å²) in [6.45, 7) is 0. The first-order valence-electron chi connectivity index (χ1n) is 6.21. The van der Waals surface area contributed by atoms with Crippen molar-refractivity contribution < 1.29 is 8.42 Å². The van der Waals surface area contributed by atoms with Crippen molar-refractivity contribution in [2.24, 2.45) is 0 Å². The maximum atomic E-state index is 12.2. The van der Waals surface area contributed by atoms with Crippen LogP contribution in [0.15, 0.2) is 48.5 Å². The number of hydrogen-bond acceptors (Lipinski definition) is 4. The van der Waals surface area contributed by atoms with E-state index in [1.54, 1.807) is 48.5 Å². The summed E-state index contributed by atoms with van der Waals surface area (Å²) in [7, 11) is -3.41. The van der Waals surface area contributed by atoms with Crippen LogP contribution in [0.5, 0.6) is 0 Å². The molecule has 0 saturated carbocycles. The summed E-state index contributed by atoms with van der Waals surface area (Å²) in [4.78, 5) is 0. The van der Waals surface area contributed by atoms with E-state index in [0.29, 0.717) is 22.3 Å². The molecule has 21 heavy (non-hydrogen) atoms. The van der Waals surface area contributed by atoms with Gasteiger partial charge in [-0.15, -0.1) is 0 Å². The first-order chi connectivity index (χ1) is 10.0. The van der Waals surface area contributed by atoms with Gasteiger partial charge in [-0.1, -0.05) is 30.3 Å². The zero-order valence-corrected chi connectivity index (χ0v) is 12.0. The van der Waals surface area contributed by atoms with Crippen molar-refractivity contribution >= 4 is 9.84 Å². The summed E-state index contributed by atoms with van der Waals surface area (Å²) in [5, 5.41) is 17.8. The molecule has 0 fully saturated rings. The Balaban J connectivity index is 2.23. The summed E-state index contributed by atoms with van der Waals surface area (Å²) < 4.78 is 24.5. The Morgan fingerprint density at radius 1 is 0.905 bits per heavy atom. The molecule has 0 aromatic heterocycles. The van der Waals surface area contributed by atoms with Crippen molar-refractivity contribution in [2.45, 2.75) is 11.5 Å². The Morgan fingerprint density at radius 3 is 2.38 bits per heavy atom. The molecular formula is C16H12N2O2S. The molecule has 0 spiro atoms. The van der Waals surface area contributed by atoms with Gasteiger partial charge in [-0.25, -0.2) is 8.42 Å². The van der Waals surface area contributed by atoms with Gasteiger partial charge < -0.3 is 0 Å². The molecule has 0 unspecified atom stereocenters. The minimum absolute atomic E-state index is 0.151. The minimum Gasteiger partial charge on any atom is -0.228 e. The third kappa shape index (κ3) is 3.92. The van der Waals surface area contributed by atoms with Gasteiger partial charge >= 0.3 is 0 Å². The summed E-state index contributed by atoms with van der Waals surface area (Å²) in [6, 6.07) is 17.1. The standard InChI is InChI=1S/C16H12N2O2S/c17-9-13-4-3-5-14(8-13)11-21(19,20)12-16-7-2-1-6-15(16)10-18/h1-8H,11-12H2. The van der Waals surface area contributed by atoms with Crippen molar-refractivity contribution in [3.63, 3.8) is 0 Å². The van der Waals surface area contributed by atoms with E-state index < -0.39 is 9.84 Å². The third-order valence-corrected chi connectivity index (χ3v) is 4.48. The van der Waals surface area contributed by atoms with Gasteiger partial charge in [0, 0.05) is 0 Å². The van der Waals surface area contributed by atoms with Crippen molar-refractivity contribution in [1.82, 2.24) is 0 Å². The molecule has 2 rings (SSSR count). The van der Waals surface area contributed by atoms with E-state index in [1.165, 1.54) is 0 Å². The second kappa shape index (κ2) is 6.21. The van der Waals surface area contributed by atoms with Gasteiger partial charge in [0.1, 0.15) is 0 Å². The normalized spacial score (nSPS) is 10.6. The van der Waals surface area contributed by atoms with Crippen molar-refractivity contribution in [3.05, 3.63) is 70.8 Å². The molecule has 0 N–H and O–H groups in total. The van der Waals surface area contributed by atoms with Gasteiger partial charge in [0.05, 0.1) is 34.8 Å². The van der Waals surface area contributed by atoms with Crippen LogP contribution in [0.4, 0.5) is 0 Å². The molecule has 0 saturated heterocycles. The van der Waals surface area contributed by atoms with E-state index in [1.807, 2.05) is 12.1 Å². The Bertz CT molecular complexity index is 843. The van der Waals surface area contributed by atoms with Gasteiger partial charge in [-0.2, -0.15) is 10.5 Å². The molecule has 0 atom stereocenters. The van der Waals surface area contributed by atoms with Gasteiger partial charge in [0.25, 0.3) is 0 Å². The van der Waals surface area contributed by atoms with Gasteiger partial charge in [-0.3, -0.25) is 0 Å². The lowest BCUT2D eigenvalue weighted by Crippen LogP contribution is -2.09. The zero-order chi connectivity index (χ0) is 15.3. The average molecular weight is 296 g/mol. The van der Waals surface area contributed by atoms with Crippen molar-refractivity contribution in [3.8, 4) is 12.1 Å². The molecule has 2 aromatic carbocycles. The lowest BCUT2D eigenvalue weighted by Gasteiger charge is -2.06. The fourth-order valence-electron chi connectivity index (χ4n) is 2.03. The van der Waals surface area contributed by atoms with Crippen LogP contribution < -0.4 is 0 Å². The van der Waals surface area contributed by atoms with Crippen LogP contribution in [0.3, 0.4) is 0 Å². The number of benzene rings is 2. The highest BCUT2D eigenvalue weighted by molar-refractivity contribution is 7.89. The number of rotatable bonds is 4. The van der Waals surface area contributed by atoms with Crippen LogP contribution >= 0.6 is 0 Å². The van der Waals surface area contributed by atoms with E-state index in [0.717, 1.165) is 0 Å². The number of nitrogens with zero attached hydrogens (tertiary/aromatic N) is 2. The molecule has 0 amide bonds. The van der Waals surface area contributed by atoms with Crippen LogP contribution in [0.25, 0.3) is 0 Å². The van der Waals surface area contributed by atoms with Crippen LogP contribution in [0.1, 0.15) is 22.3 Å². The van der Waals surface area contributed by atoms with E-state index in [4.69, 9.17) is 10.5 Å². The molecule has 5 heteroatoms. The third-order valence-electron chi connectivity index (χ3n) is 2.96. The second-order valence-corrected chi connectivity index (χ2v) is 6.68. The lowest BCUT2D eigenvalue weighted by atomic mass is 10.1. The molecule has 2 aromatic rings. The molecule has 0 aliphatic heterocycles.